The highest BCUT2D eigenvalue weighted by Crippen LogP contribution is 2.12. The zero-order valence-electron chi connectivity index (χ0n) is 5.61. The Kier molecular flexibility index (Phi) is 2.34. The summed E-state index contributed by atoms with van der Waals surface area (Å²) >= 11 is 0. The fourth-order valence-electron chi connectivity index (χ4n) is 1.27. The van der Waals surface area contributed by atoms with E-state index in [0.717, 1.165) is 5.92 Å². The Bertz CT molecular complexity index is 59.9. The lowest BCUT2D eigenvalue weighted by Crippen LogP contribution is -2.29. The van der Waals surface area contributed by atoms with Gasteiger partial charge in [-0.25, -0.2) is 0 Å². The van der Waals surface area contributed by atoms with Crippen molar-refractivity contribution in [3.8, 4) is 0 Å². The summed E-state index contributed by atoms with van der Waals surface area (Å²) in [5, 5.41) is 3.39. The predicted octanol–water partition coefficient (Wildman–Crippen LogP) is 1.64. The third-order valence-electron chi connectivity index (χ3n) is 1.98. The number of rotatable bonds is 1. The molecule has 0 spiro atoms. The minimum absolute atomic E-state index is 0. The van der Waals surface area contributed by atoms with Gasteiger partial charge in [-0.05, 0) is 31.8 Å². The summed E-state index contributed by atoms with van der Waals surface area (Å²) in [7, 11) is 0. The maximum atomic E-state index is 3.39. The maximum absolute atomic E-state index is 3.39. The van der Waals surface area contributed by atoms with E-state index in [1.54, 1.807) is 0 Å². The minimum atomic E-state index is 0. The zero-order chi connectivity index (χ0) is 5.82. The standard InChI is InChI=1S/C7H15N.H2/c1-2-7-4-3-5-8-6-7;/h7-8H,2-6H2,1H3;1H/t7-;/m1./s1. The molecule has 0 saturated carbocycles. The summed E-state index contributed by atoms with van der Waals surface area (Å²) < 4.78 is 0. The van der Waals surface area contributed by atoms with E-state index in [2.05, 4.69) is 12.2 Å². The summed E-state index contributed by atoms with van der Waals surface area (Å²) in [4.78, 5) is 0. The average molecular weight is 115 g/mol. The van der Waals surface area contributed by atoms with Crippen LogP contribution in [0.2, 0.25) is 0 Å². The molecule has 0 radical (unpaired) electrons. The molecule has 0 unspecified atom stereocenters. The first kappa shape index (κ1) is 6.09. The van der Waals surface area contributed by atoms with Crippen LogP contribution in [0.4, 0.5) is 0 Å². The lowest BCUT2D eigenvalue weighted by atomic mass is 9.97. The molecule has 0 bridgehead atoms. The molecule has 0 aromatic heterocycles. The maximum Gasteiger partial charge on any atom is 0 e. The number of hydrogen-bond donors (Lipinski definition) is 1. The Hall–Kier alpha value is -0.0400. The molecule has 1 heteroatoms. The molecule has 1 nitrogen and oxygen atoms in total. The van der Waals surface area contributed by atoms with E-state index in [4.69, 9.17) is 0 Å². The van der Waals surface area contributed by atoms with Gasteiger partial charge in [-0.15, -0.1) is 0 Å². The van der Waals surface area contributed by atoms with Crippen LogP contribution in [0.25, 0.3) is 0 Å². The number of hydrogen-bond acceptors (Lipinski definition) is 1. The van der Waals surface area contributed by atoms with Gasteiger partial charge in [0.2, 0.25) is 0 Å². The fraction of sp³-hybridized carbons (Fsp3) is 1.00. The molecule has 1 atom stereocenters. The average Bonchev–Trinajstić information content (AvgIpc) is 1.90. The lowest BCUT2D eigenvalue weighted by Gasteiger charge is -2.20. The van der Waals surface area contributed by atoms with Gasteiger partial charge in [-0.3, -0.25) is 0 Å². The molecular formula is C7H17N. The molecule has 50 valence electrons. The second-order valence-corrected chi connectivity index (χ2v) is 2.62. The lowest BCUT2D eigenvalue weighted by molar-refractivity contribution is 0.369. The van der Waals surface area contributed by atoms with Crippen molar-refractivity contribution >= 4 is 0 Å². The van der Waals surface area contributed by atoms with Crippen LogP contribution in [0.5, 0.6) is 0 Å². The van der Waals surface area contributed by atoms with Crippen LogP contribution in [-0.4, -0.2) is 13.1 Å². The zero-order valence-corrected chi connectivity index (χ0v) is 5.61. The first-order valence-electron chi connectivity index (χ1n) is 3.64. The van der Waals surface area contributed by atoms with Gasteiger partial charge in [0.05, 0.1) is 0 Å². The second-order valence-electron chi connectivity index (χ2n) is 2.62. The van der Waals surface area contributed by atoms with Gasteiger partial charge < -0.3 is 5.32 Å². The van der Waals surface area contributed by atoms with E-state index in [1.807, 2.05) is 0 Å². The van der Waals surface area contributed by atoms with E-state index >= 15 is 0 Å². The summed E-state index contributed by atoms with van der Waals surface area (Å²) in [5.41, 5.74) is 0. The normalized spacial score (nSPS) is 30.4. The summed E-state index contributed by atoms with van der Waals surface area (Å²) in [6.45, 7) is 4.78. The Morgan fingerprint density at radius 3 is 3.00 bits per heavy atom. The van der Waals surface area contributed by atoms with Gasteiger partial charge in [0.1, 0.15) is 0 Å². The molecule has 0 aromatic rings. The molecule has 0 amide bonds. The van der Waals surface area contributed by atoms with Crippen LogP contribution >= 0.6 is 0 Å². The molecule has 1 saturated heterocycles. The van der Waals surface area contributed by atoms with E-state index in [-0.39, 0.29) is 1.43 Å². The molecular weight excluding hydrogens is 98.1 g/mol. The first-order chi connectivity index (χ1) is 3.93. The molecule has 1 aliphatic heterocycles. The molecule has 0 aromatic carbocycles. The van der Waals surface area contributed by atoms with Crippen molar-refractivity contribution in [3.63, 3.8) is 0 Å². The molecule has 1 N–H and O–H groups in total. The molecule has 1 heterocycles. The Balaban J connectivity index is 0.000000640. The molecule has 1 fully saturated rings. The van der Waals surface area contributed by atoms with E-state index < -0.39 is 0 Å². The number of piperidine rings is 1. The fourth-order valence-corrected chi connectivity index (χ4v) is 1.27. The van der Waals surface area contributed by atoms with Crippen molar-refractivity contribution in [2.24, 2.45) is 5.92 Å². The van der Waals surface area contributed by atoms with Crippen LogP contribution < -0.4 is 5.32 Å². The highest BCUT2D eigenvalue weighted by Gasteiger charge is 2.08. The van der Waals surface area contributed by atoms with Crippen molar-refractivity contribution in [2.45, 2.75) is 26.2 Å². The molecule has 0 aliphatic carbocycles. The van der Waals surface area contributed by atoms with Crippen LogP contribution in [0.3, 0.4) is 0 Å². The van der Waals surface area contributed by atoms with Crippen LogP contribution in [0.15, 0.2) is 0 Å². The van der Waals surface area contributed by atoms with Gasteiger partial charge in [-0.2, -0.15) is 0 Å². The molecule has 8 heavy (non-hydrogen) atoms. The summed E-state index contributed by atoms with van der Waals surface area (Å²) in [5.74, 6) is 0.976. The van der Waals surface area contributed by atoms with Crippen molar-refractivity contribution in [1.29, 1.82) is 0 Å². The van der Waals surface area contributed by atoms with Gasteiger partial charge in [0, 0.05) is 1.43 Å². The van der Waals surface area contributed by atoms with Crippen molar-refractivity contribution in [1.82, 2.24) is 5.32 Å². The molecule has 1 rings (SSSR count). The van der Waals surface area contributed by atoms with E-state index in [0.29, 0.717) is 0 Å². The van der Waals surface area contributed by atoms with Crippen LogP contribution in [-0.2, 0) is 0 Å². The van der Waals surface area contributed by atoms with Gasteiger partial charge in [0.15, 0.2) is 0 Å². The Labute approximate surface area is 53.0 Å². The van der Waals surface area contributed by atoms with Crippen LogP contribution in [0, 0.1) is 5.92 Å². The Morgan fingerprint density at radius 2 is 2.62 bits per heavy atom. The molecule has 1 aliphatic rings. The smallest absolute Gasteiger partial charge is 0 e. The predicted molar refractivity (Wildman–Crippen MR) is 38.0 cm³/mol. The topological polar surface area (TPSA) is 12.0 Å². The minimum Gasteiger partial charge on any atom is -0.316 e. The van der Waals surface area contributed by atoms with Gasteiger partial charge in [-0.1, -0.05) is 13.3 Å². The third-order valence-corrected chi connectivity index (χ3v) is 1.98. The highest BCUT2D eigenvalue weighted by molar-refractivity contribution is 4.66. The summed E-state index contributed by atoms with van der Waals surface area (Å²) in [6.07, 6.45) is 4.19. The number of nitrogens with one attached hydrogen (secondary N) is 1. The van der Waals surface area contributed by atoms with Gasteiger partial charge >= 0.3 is 0 Å². The van der Waals surface area contributed by atoms with Crippen molar-refractivity contribution in [3.05, 3.63) is 0 Å². The Morgan fingerprint density at radius 1 is 1.75 bits per heavy atom. The quantitative estimate of drug-likeness (QED) is 0.548. The highest BCUT2D eigenvalue weighted by atomic mass is 14.9. The third kappa shape index (κ3) is 1.48. The van der Waals surface area contributed by atoms with E-state index in [1.165, 1.54) is 32.4 Å². The van der Waals surface area contributed by atoms with Crippen molar-refractivity contribution in [2.75, 3.05) is 13.1 Å². The summed E-state index contributed by atoms with van der Waals surface area (Å²) in [6, 6.07) is 0. The van der Waals surface area contributed by atoms with E-state index in [9.17, 15) is 0 Å². The van der Waals surface area contributed by atoms with Crippen LogP contribution in [0.1, 0.15) is 27.6 Å². The van der Waals surface area contributed by atoms with Gasteiger partial charge in [0.25, 0.3) is 0 Å². The monoisotopic (exact) mass is 115 g/mol. The van der Waals surface area contributed by atoms with Crippen molar-refractivity contribution < 1.29 is 1.43 Å². The second kappa shape index (κ2) is 3.08. The largest absolute Gasteiger partial charge is 0.316 e. The first-order valence-corrected chi connectivity index (χ1v) is 3.64. The SMILES string of the molecule is CC[C@@H]1CCCNC1.[HH].